The minimum atomic E-state index is -0.682. The minimum Gasteiger partial charge on any atom is -0.489 e. The summed E-state index contributed by atoms with van der Waals surface area (Å²) in [7, 11) is 0. The summed E-state index contributed by atoms with van der Waals surface area (Å²) in [5.41, 5.74) is 1.98. The zero-order valence-corrected chi connectivity index (χ0v) is 22.8. The number of aromatic nitrogens is 1. The van der Waals surface area contributed by atoms with Gasteiger partial charge in [0, 0.05) is 21.0 Å². The number of ether oxygens (including phenoxy) is 2. The predicted molar refractivity (Wildman–Crippen MR) is 153 cm³/mol. The first-order valence-corrected chi connectivity index (χ1v) is 13.9. The third-order valence-electron chi connectivity index (χ3n) is 5.80. The summed E-state index contributed by atoms with van der Waals surface area (Å²) in [4.78, 5) is 33.5. The van der Waals surface area contributed by atoms with Crippen LogP contribution in [0.3, 0.4) is 0 Å². The quantitative estimate of drug-likeness (QED) is 0.218. The van der Waals surface area contributed by atoms with E-state index in [1.54, 1.807) is 41.8 Å². The van der Waals surface area contributed by atoms with Crippen LogP contribution < -0.4 is 19.6 Å². The van der Waals surface area contributed by atoms with Crippen molar-refractivity contribution in [1.29, 1.82) is 0 Å². The summed E-state index contributed by atoms with van der Waals surface area (Å²) in [5, 5.41) is 2.44. The van der Waals surface area contributed by atoms with Crippen molar-refractivity contribution in [3.8, 4) is 5.75 Å². The SMILES string of the molecule is C=CCOc1ccc(Cl)cc1/C=c1\sc2n(c1=O)[C@@H](c1cccs1)C(C(=O)OCC)=C(c1ccccc1)N=2. The Labute approximate surface area is 232 Å². The van der Waals surface area contributed by atoms with E-state index in [0.717, 1.165) is 10.4 Å². The van der Waals surface area contributed by atoms with Crippen molar-refractivity contribution >= 4 is 52.0 Å². The van der Waals surface area contributed by atoms with Gasteiger partial charge in [0.1, 0.15) is 18.4 Å². The third kappa shape index (κ3) is 5.03. The number of carbonyl (C=O) groups excluding carboxylic acids is 1. The first kappa shape index (κ1) is 25.9. The Hall–Kier alpha value is -3.72. The molecule has 1 aliphatic rings. The molecule has 4 aromatic rings. The number of thiophene rings is 1. The van der Waals surface area contributed by atoms with Crippen LogP contribution in [0.5, 0.6) is 5.75 Å². The molecule has 0 amide bonds. The monoisotopic (exact) mass is 562 g/mol. The summed E-state index contributed by atoms with van der Waals surface area (Å²) in [6, 6.07) is 17.8. The summed E-state index contributed by atoms with van der Waals surface area (Å²) < 4.78 is 13.3. The van der Waals surface area contributed by atoms with E-state index in [0.29, 0.717) is 43.5 Å². The summed E-state index contributed by atoms with van der Waals surface area (Å²) in [6.07, 6.45) is 3.39. The van der Waals surface area contributed by atoms with Crippen molar-refractivity contribution < 1.29 is 14.3 Å². The highest BCUT2D eigenvalue weighted by Gasteiger charge is 2.35. The number of thiazole rings is 1. The molecule has 0 unspecified atom stereocenters. The molecular weight excluding hydrogens is 540 g/mol. The Bertz CT molecular complexity index is 1700. The summed E-state index contributed by atoms with van der Waals surface area (Å²) >= 11 is 8.99. The largest absolute Gasteiger partial charge is 0.489 e. The third-order valence-corrected chi connectivity index (χ3v) is 7.94. The summed E-state index contributed by atoms with van der Waals surface area (Å²) in [6.45, 7) is 5.97. The van der Waals surface area contributed by atoms with Gasteiger partial charge in [0.15, 0.2) is 4.80 Å². The molecular formula is C29H23ClN2O4S2. The van der Waals surface area contributed by atoms with Crippen LogP contribution in [-0.2, 0) is 9.53 Å². The molecule has 0 radical (unpaired) electrons. The highest BCUT2D eigenvalue weighted by atomic mass is 35.5. The van der Waals surface area contributed by atoms with E-state index in [2.05, 4.69) is 6.58 Å². The minimum absolute atomic E-state index is 0.203. The van der Waals surface area contributed by atoms with Gasteiger partial charge >= 0.3 is 5.97 Å². The predicted octanol–water partition coefficient (Wildman–Crippen LogP) is 5.22. The maximum absolute atomic E-state index is 13.9. The van der Waals surface area contributed by atoms with Gasteiger partial charge in [0.25, 0.3) is 5.56 Å². The molecule has 1 aliphatic heterocycles. The van der Waals surface area contributed by atoms with Gasteiger partial charge in [-0.3, -0.25) is 9.36 Å². The Balaban J connectivity index is 1.78. The number of rotatable bonds is 8. The van der Waals surface area contributed by atoms with Crippen LogP contribution in [0.15, 0.2) is 94.1 Å². The smallest absolute Gasteiger partial charge is 0.338 e. The molecule has 192 valence electrons. The number of hydrogen-bond donors (Lipinski definition) is 0. The fraction of sp³-hybridized carbons (Fsp3) is 0.138. The van der Waals surface area contributed by atoms with Crippen molar-refractivity contribution in [3.63, 3.8) is 0 Å². The van der Waals surface area contributed by atoms with E-state index in [-0.39, 0.29) is 12.2 Å². The van der Waals surface area contributed by atoms with E-state index in [4.69, 9.17) is 26.1 Å². The Kier molecular flexibility index (Phi) is 7.74. The molecule has 0 saturated heterocycles. The van der Waals surface area contributed by atoms with Gasteiger partial charge in [0.05, 0.1) is 22.4 Å². The second-order valence-electron chi connectivity index (χ2n) is 8.23. The van der Waals surface area contributed by atoms with Crippen LogP contribution in [0, 0.1) is 0 Å². The first-order valence-electron chi connectivity index (χ1n) is 11.9. The molecule has 1 atom stereocenters. The highest BCUT2D eigenvalue weighted by Crippen LogP contribution is 2.36. The molecule has 0 bridgehead atoms. The van der Waals surface area contributed by atoms with Crippen LogP contribution in [0.25, 0.3) is 11.8 Å². The maximum atomic E-state index is 13.9. The number of benzene rings is 2. The van der Waals surface area contributed by atoms with Crippen LogP contribution in [0.4, 0.5) is 0 Å². The van der Waals surface area contributed by atoms with Gasteiger partial charge in [-0.1, -0.05) is 72.0 Å². The zero-order chi connectivity index (χ0) is 26.6. The molecule has 0 N–H and O–H groups in total. The molecule has 0 spiro atoms. The lowest BCUT2D eigenvalue weighted by Crippen LogP contribution is -2.39. The standard InChI is InChI=1S/C29H23ClN2O4S2/c1-3-14-36-21-13-12-20(30)16-19(21)17-23-27(33)32-26(22-11-8-15-37-22)24(28(34)35-4-2)25(31-29(32)38-23)18-9-6-5-7-10-18/h3,5-13,15-17,26H,1,4,14H2,2H3/b23-17-/t26-/m0/s1. The lowest BCUT2D eigenvalue weighted by Gasteiger charge is -2.24. The molecule has 6 nitrogen and oxygen atoms in total. The van der Waals surface area contributed by atoms with E-state index in [1.165, 1.54) is 22.7 Å². The van der Waals surface area contributed by atoms with Gasteiger partial charge in [-0.2, -0.15) is 0 Å². The Morgan fingerprint density at radius 1 is 1.18 bits per heavy atom. The number of nitrogens with zero attached hydrogens (tertiary/aromatic N) is 2. The van der Waals surface area contributed by atoms with Crippen molar-refractivity contribution in [3.05, 3.63) is 125 Å². The molecule has 3 heterocycles. The van der Waals surface area contributed by atoms with Gasteiger partial charge in [-0.05, 0) is 42.6 Å². The number of esters is 1. The van der Waals surface area contributed by atoms with Gasteiger partial charge in [-0.25, -0.2) is 9.79 Å². The molecule has 0 saturated carbocycles. The first-order chi connectivity index (χ1) is 18.5. The number of hydrogen-bond acceptors (Lipinski definition) is 7. The molecule has 0 aliphatic carbocycles. The Morgan fingerprint density at radius 3 is 2.71 bits per heavy atom. The van der Waals surface area contributed by atoms with Crippen LogP contribution in [-0.4, -0.2) is 23.8 Å². The van der Waals surface area contributed by atoms with Crippen molar-refractivity contribution in [2.45, 2.75) is 13.0 Å². The molecule has 38 heavy (non-hydrogen) atoms. The van der Waals surface area contributed by atoms with E-state index >= 15 is 0 Å². The maximum Gasteiger partial charge on any atom is 0.338 e. The lowest BCUT2D eigenvalue weighted by atomic mass is 9.97. The Morgan fingerprint density at radius 2 is 2.00 bits per heavy atom. The molecule has 9 heteroatoms. The number of carbonyl (C=O) groups is 1. The topological polar surface area (TPSA) is 69.9 Å². The average Bonchev–Trinajstić information content (AvgIpc) is 3.56. The second kappa shape index (κ2) is 11.3. The van der Waals surface area contributed by atoms with Crippen molar-refractivity contribution in [2.24, 2.45) is 4.99 Å². The highest BCUT2D eigenvalue weighted by molar-refractivity contribution is 7.10. The van der Waals surface area contributed by atoms with Gasteiger partial charge in [-0.15, -0.1) is 11.3 Å². The van der Waals surface area contributed by atoms with E-state index in [1.807, 2.05) is 47.8 Å². The van der Waals surface area contributed by atoms with Crippen molar-refractivity contribution in [2.75, 3.05) is 13.2 Å². The molecule has 2 aromatic heterocycles. The van der Waals surface area contributed by atoms with Gasteiger partial charge in [0.2, 0.25) is 0 Å². The van der Waals surface area contributed by atoms with Crippen molar-refractivity contribution in [1.82, 2.24) is 4.57 Å². The lowest BCUT2D eigenvalue weighted by molar-refractivity contribution is -0.138. The number of fused-ring (bicyclic) bond motifs is 1. The average molecular weight is 563 g/mol. The number of halogens is 1. The van der Waals surface area contributed by atoms with Crippen LogP contribution in [0.2, 0.25) is 5.02 Å². The van der Waals surface area contributed by atoms with Crippen LogP contribution in [0.1, 0.15) is 29.0 Å². The van der Waals surface area contributed by atoms with Crippen LogP contribution >= 0.6 is 34.3 Å². The fourth-order valence-electron chi connectivity index (χ4n) is 4.21. The second-order valence-corrected chi connectivity index (χ2v) is 10.7. The van der Waals surface area contributed by atoms with Gasteiger partial charge < -0.3 is 9.47 Å². The fourth-order valence-corrected chi connectivity index (χ4v) is 6.21. The molecule has 0 fully saturated rings. The normalized spacial score (nSPS) is 15.1. The van der Waals surface area contributed by atoms with E-state index in [9.17, 15) is 9.59 Å². The zero-order valence-electron chi connectivity index (χ0n) is 20.4. The molecule has 5 rings (SSSR count). The van der Waals surface area contributed by atoms with E-state index < -0.39 is 12.0 Å². The summed E-state index contributed by atoms with van der Waals surface area (Å²) in [5.74, 6) is 0.0739. The molecule has 2 aromatic carbocycles.